The topological polar surface area (TPSA) is 93.1 Å². The first-order valence-corrected chi connectivity index (χ1v) is 11.1. The fourth-order valence-electron chi connectivity index (χ4n) is 4.14. The number of likely N-dealkylation sites (tertiary alicyclic amines) is 1. The number of benzene rings is 2. The molecule has 170 valence electrons. The van der Waals surface area contributed by atoms with Gasteiger partial charge in [-0.15, -0.1) is 0 Å². The summed E-state index contributed by atoms with van der Waals surface area (Å²) in [5.74, 6) is 1.87. The zero-order valence-corrected chi connectivity index (χ0v) is 18.8. The van der Waals surface area contributed by atoms with Gasteiger partial charge in [-0.3, -0.25) is 4.79 Å². The van der Waals surface area contributed by atoms with Gasteiger partial charge in [0.05, 0.1) is 18.8 Å². The fourth-order valence-corrected chi connectivity index (χ4v) is 4.14. The van der Waals surface area contributed by atoms with Crippen molar-refractivity contribution in [1.29, 1.82) is 0 Å². The van der Waals surface area contributed by atoms with Gasteiger partial charge in [-0.05, 0) is 67.4 Å². The first-order chi connectivity index (χ1) is 16.7. The van der Waals surface area contributed by atoms with E-state index in [0.29, 0.717) is 23.9 Å². The van der Waals surface area contributed by atoms with Crippen molar-refractivity contribution in [3.63, 3.8) is 0 Å². The number of aromatic nitrogens is 4. The highest BCUT2D eigenvalue weighted by Gasteiger charge is 2.32. The second kappa shape index (κ2) is 9.66. The maximum Gasteiger partial charge on any atom is 0.254 e. The van der Waals surface area contributed by atoms with E-state index in [0.717, 1.165) is 35.5 Å². The molecule has 1 amide bonds. The zero-order valence-electron chi connectivity index (χ0n) is 18.8. The smallest absolute Gasteiger partial charge is 0.254 e. The average Bonchev–Trinajstić information content (AvgIpc) is 3.39. The molecule has 2 aromatic heterocycles. The van der Waals surface area contributed by atoms with Gasteiger partial charge in [-0.2, -0.15) is 0 Å². The summed E-state index contributed by atoms with van der Waals surface area (Å²) in [6, 6.07) is 18.6. The molecule has 1 saturated heterocycles. The summed E-state index contributed by atoms with van der Waals surface area (Å²) in [4.78, 5) is 33.0. The molecule has 0 radical (unpaired) electrons. The maximum absolute atomic E-state index is 13.5. The Kier molecular flexibility index (Phi) is 6.11. The molecule has 1 aliphatic heterocycles. The van der Waals surface area contributed by atoms with Crippen molar-refractivity contribution in [3.8, 4) is 17.1 Å². The van der Waals surface area contributed by atoms with Crippen LogP contribution in [0.25, 0.3) is 11.4 Å². The summed E-state index contributed by atoms with van der Waals surface area (Å²) in [6.45, 7) is 0.685. The van der Waals surface area contributed by atoms with Crippen LogP contribution in [0.4, 0.5) is 11.6 Å². The quantitative estimate of drug-likeness (QED) is 0.455. The first kappa shape index (κ1) is 21.5. The molecule has 0 saturated carbocycles. The Morgan fingerprint density at radius 2 is 1.82 bits per heavy atom. The molecular formula is C26H24N6O2. The molecule has 8 heteroatoms. The number of nitrogens with zero attached hydrogens (tertiary/aromatic N) is 5. The van der Waals surface area contributed by atoms with Crippen LogP contribution >= 0.6 is 0 Å². The van der Waals surface area contributed by atoms with E-state index in [1.165, 1.54) is 0 Å². The number of nitrogens with one attached hydrogen (secondary N) is 1. The zero-order chi connectivity index (χ0) is 23.3. The van der Waals surface area contributed by atoms with Crippen LogP contribution in [0.1, 0.15) is 34.9 Å². The largest absolute Gasteiger partial charge is 0.497 e. The third kappa shape index (κ3) is 4.56. The molecule has 1 unspecified atom stereocenters. The van der Waals surface area contributed by atoms with Gasteiger partial charge in [0.1, 0.15) is 5.75 Å². The van der Waals surface area contributed by atoms with Gasteiger partial charge in [-0.1, -0.05) is 6.07 Å². The Morgan fingerprint density at radius 3 is 2.62 bits per heavy atom. The lowest BCUT2D eigenvalue weighted by atomic mass is 10.1. The van der Waals surface area contributed by atoms with Gasteiger partial charge in [-0.25, -0.2) is 19.9 Å². The molecular weight excluding hydrogens is 428 g/mol. The molecule has 8 nitrogen and oxygen atoms in total. The van der Waals surface area contributed by atoms with E-state index in [-0.39, 0.29) is 11.9 Å². The summed E-state index contributed by atoms with van der Waals surface area (Å²) in [6.07, 6.45) is 6.88. The van der Waals surface area contributed by atoms with E-state index >= 15 is 0 Å². The molecule has 0 bridgehead atoms. The van der Waals surface area contributed by atoms with Crippen LogP contribution in [0, 0.1) is 0 Å². The van der Waals surface area contributed by atoms with Crippen LogP contribution in [0.2, 0.25) is 0 Å². The summed E-state index contributed by atoms with van der Waals surface area (Å²) >= 11 is 0. The van der Waals surface area contributed by atoms with Crippen LogP contribution in [-0.2, 0) is 0 Å². The van der Waals surface area contributed by atoms with Crippen LogP contribution in [0.5, 0.6) is 5.75 Å². The van der Waals surface area contributed by atoms with Crippen molar-refractivity contribution >= 4 is 17.5 Å². The highest BCUT2D eigenvalue weighted by molar-refractivity contribution is 5.95. The van der Waals surface area contributed by atoms with Gasteiger partial charge in [0.25, 0.3) is 5.91 Å². The molecule has 3 heterocycles. The Morgan fingerprint density at radius 1 is 1.00 bits per heavy atom. The second-order valence-electron chi connectivity index (χ2n) is 7.97. The van der Waals surface area contributed by atoms with Crippen molar-refractivity contribution in [3.05, 3.63) is 90.5 Å². The summed E-state index contributed by atoms with van der Waals surface area (Å²) in [5.41, 5.74) is 3.12. The number of ether oxygens (including phenoxy) is 1. The van der Waals surface area contributed by atoms with Gasteiger partial charge in [0, 0.05) is 41.9 Å². The lowest BCUT2D eigenvalue weighted by molar-refractivity contribution is 0.0733. The molecule has 0 spiro atoms. The third-order valence-corrected chi connectivity index (χ3v) is 5.81. The molecule has 4 aromatic rings. The lowest BCUT2D eigenvalue weighted by Gasteiger charge is -2.25. The summed E-state index contributed by atoms with van der Waals surface area (Å²) in [5, 5.41) is 3.14. The fraction of sp³-hybridized carbons (Fsp3) is 0.192. The van der Waals surface area contributed by atoms with E-state index in [9.17, 15) is 4.79 Å². The van der Waals surface area contributed by atoms with Gasteiger partial charge >= 0.3 is 0 Å². The van der Waals surface area contributed by atoms with Crippen LogP contribution in [0.15, 0.2) is 79.3 Å². The summed E-state index contributed by atoms with van der Waals surface area (Å²) in [7, 11) is 1.64. The average molecular weight is 453 g/mol. The minimum absolute atomic E-state index is 0.0234. The van der Waals surface area contributed by atoms with Crippen molar-refractivity contribution < 1.29 is 9.53 Å². The lowest BCUT2D eigenvalue weighted by Crippen LogP contribution is -2.31. The molecule has 1 atom stereocenters. The number of carbonyl (C=O) groups excluding carboxylic acids is 1. The third-order valence-electron chi connectivity index (χ3n) is 5.81. The Labute approximate surface area is 197 Å². The molecule has 0 aliphatic carbocycles. The number of hydrogen-bond acceptors (Lipinski definition) is 7. The molecule has 2 aromatic carbocycles. The van der Waals surface area contributed by atoms with Crippen LogP contribution in [-0.4, -0.2) is 44.4 Å². The molecule has 1 aliphatic rings. The van der Waals surface area contributed by atoms with Crippen LogP contribution < -0.4 is 10.1 Å². The highest BCUT2D eigenvalue weighted by atomic mass is 16.5. The minimum Gasteiger partial charge on any atom is -0.497 e. The molecule has 1 N–H and O–H groups in total. The van der Waals surface area contributed by atoms with Gasteiger partial charge < -0.3 is 15.0 Å². The minimum atomic E-state index is -0.0958. The van der Waals surface area contributed by atoms with E-state index < -0.39 is 0 Å². The molecule has 34 heavy (non-hydrogen) atoms. The predicted octanol–water partition coefficient (Wildman–Crippen LogP) is 4.66. The number of carbonyl (C=O) groups is 1. The van der Waals surface area contributed by atoms with Crippen molar-refractivity contribution in [1.82, 2.24) is 24.8 Å². The van der Waals surface area contributed by atoms with Crippen LogP contribution in [0.3, 0.4) is 0 Å². The Balaban J connectivity index is 1.37. The van der Waals surface area contributed by atoms with Crippen molar-refractivity contribution in [2.24, 2.45) is 0 Å². The maximum atomic E-state index is 13.5. The first-order valence-electron chi connectivity index (χ1n) is 11.1. The van der Waals surface area contributed by atoms with Crippen molar-refractivity contribution in [2.45, 2.75) is 18.9 Å². The Bertz CT molecular complexity index is 1280. The van der Waals surface area contributed by atoms with Crippen molar-refractivity contribution in [2.75, 3.05) is 19.0 Å². The number of hydrogen-bond donors (Lipinski definition) is 1. The number of amides is 1. The predicted molar refractivity (Wildman–Crippen MR) is 129 cm³/mol. The normalized spacial score (nSPS) is 15.2. The van der Waals surface area contributed by atoms with Gasteiger partial charge in [0.2, 0.25) is 5.95 Å². The number of anilines is 2. The van der Waals surface area contributed by atoms with E-state index in [1.54, 1.807) is 31.8 Å². The monoisotopic (exact) mass is 452 g/mol. The van der Waals surface area contributed by atoms with E-state index in [2.05, 4.69) is 20.3 Å². The standard InChI is InChI=1S/C26H24N6O2/c1-34-21-10-8-18(9-11-21)24-27-15-12-22(31-24)23-7-3-16-32(23)25(33)19-5-2-6-20(17-19)30-26-28-13-4-14-29-26/h2,4-6,8-15,17,23H,3,7,16H2,1H3,(H,28,29,30). The molecule has 1 fully saturated rings. The summed E-state index contributed by atoms with van der Waals surface area (Å²) < 4.78 is 5.24. The van der Waals surface area contributed by atoms with Gasteiger partial charge in [0.15, 0.2) is 5.82 Å². The molecule has 5 rings (SSSR count). The highest BCUT2D eigenvalue weighted by Crippen LogP contribution is 2.33. The number of rotatable bonds is 6. The Hall–Kier alpha value is -4.33. The van der Waals surface area contributed by atoms with E-state index in [4.69, 9.17) is 9.72 Å². The number of methoxy groups -OCH3 is 1. The SMILES string of the molecule is COc1ccc(-c2nccc(C3CCCN3C(=O)c3cccc(Nc4ncccn4)c3)n2)cc1. The second-order valence-corrected chi connectivity index (χ2v) is 7.97. The van der Waals surface area contributed by atoms with E-state index in [1.807, 2.05) is 59.5 Å².